The molecule has 0 spiro atoms. The molecule has 1 saturated carbocycles. The highest BCUT2D eigenvalue weighted by atomic mass is 15.2. The lowest BCUT2D eigenvalue weighted by Gasteiger charge is -2.11. The van der Waals surface area contributed by atoms with Crippen LogP contribution in [-0.2, 0) is 6.54 Å². The normalized spacial score (nSPS) is 15.9. The summed E-state index contributed by atoms with van der Waals surface area (Å²) in [7, 11) is 1.82. The van der Waals surface area contributed by atoms with Crippen molar-refractivity contribution < 1.29 is 0 Å². The summed E-state index contributed by atoms with van der Waals surface area (Å²) < 4.78 is 2.09. The van der Waals surface area contributed by atoms with Gasteiger partial charge in [-0.1, -0.05) is 0 Å². The molecule has 5 heteroatoms. The Balaban J connectivity index is 1.55. The molecule has 2 rings (SSSR count). The fraction of sp³-hybridized carbons (Fsp3) is 0.667. The molecule has 1 aromatic rings. The molecule has 2 N–H and O–H groups in total. The van der Waals surface area contributed by atoms with Crippen molar-refractivity contribution >= 4 is 5.96 Å². The maximum Gasteiger partial charge on any atom is 0.190 e. The quantitative estimate of drug-likeness (QED) is 0.436. The van der Waals surface area contributed by atoms with Crippen molar-refractivity contribution in [2.75, 3.05) is 20.1 Å². The van der Waals surface area contributed by atoms with Crippen molar-refractivity contribution in [3.05, 3.63) is 18.7 Å². The van der Waals surface area contributed by atoms with Crippen LogP contribution in [0.4, 0.5) is 0 Å². The van der Waals surface area contributed by atoms with Gasteiger partial charge in [0.15, 0.2) is 5.96 Å². The molecule has 0 amide bonds. The Morgan fingerprint density at radius 1 is 1.47 bits per heavy atom. The van der Waals surface area contributed by atoms with E-state index in [9.17, 15) is 0 Å². The third-order valence-electron chi connectivity index (χ3n) is 2.92. The van der Waals surface area contributed by atoms with E-state index in [-0.39, 0.29) is 0 Å². The third kappa shape index (κ3) is 4.46. The number of nitrogens with one attached hydrogen (secondary N) is 2. The summed E-state index contributed by atoms with van der Waals surface area (Å²) >= 11 is 0. The summed E-state index contributed by atoms with van der Waals surface area (Å²) in [5.74, 6) is 1.79. The molecule has 0 radical (unpaired) electrons. The average molecular weight is 235 g/mol. The Morgan fingerprint density at radius 3 is 3.00 bits per heavy atom. The number of aromatic nitrogens is 2. The molecule has 0 bridgehead atoms. The summed E-state index contributed by atoms with van der Waals surface area (Å²) in [5.41, 5.74) is 0. The van der Waals surface area contributed by atoms with Crippen LogP contribution in [0.2, 0.25) is 0 Å². The minimum atomic E-state index is 0.875. The lowest BCUT2D eigenvalue weighted by atomic mass is 10.4. The first-order valence-corrected chi connectivity index (χ1v) is 6.29. The topological polar surface area (TPSA) is 54.2 Å². The van der Waals surface area contributed by atoms with E-state index in [1.54, 1.807) is 0 Å². The van der Waals surface area contributed by atoms with Gasteiger partial charge in [0.25, 0.3) is 0 Å². The highest BCUT2D eigenvalue weighted by molar-refractivity contribution is 5.79. The van der Waals surface area contributed by atoms with E-state index in [0.29, 0.717) is 0 Å². The van der Waals surface area contributed by atoms with Gasteiger partial charge in [-0.2, -0.15) is 0 Å². The number of hydrogen-bond donors (Lipinski definition) is 2. The molecule has 94 valence electrons. The number of guanidine groups is 1. The number of nitrogens with zero attached hydrogens (tertiary/aromatic N) is 3. The van der Waals surface area contributed by atoms with Gasteiger partial charge in [-0.15, -0.1) is 0 Å². The van der Waals surface area contributed by atoms with Crippen LogP contribution in [0.15, 0.2) is 23.7 Å². The van der Waals surface area contributed by atoms with Gasteiger partial charge in [0.1, 0.15) is 0 Å². The zero-order valence-corrected chi connectivity index (χ0v) is 10.4. The van der Waals surface area contributed by atoms with Gasteiger partial charge in [-0.05, 0) is 25.2 Å². The van der Waals surface area contributed by atoms with E-state index in [0.717, 1.165) is 37.9 Å². The fourth-order valence-electron chi connectivity index (χ4n) is 1.67. The fourth-order valence-corrected chi connectivity index (χ4v) is 1.67. The van der Waals surface area contributed by atoms with Crippen LogP contribution in [0.5, 0.6) is 0 Å². The Bertz CT molecular complexity index is 340. The molecule has 17 heavy (non-hydrogen) atoms. The van der Waals surface area contributed by atoms with Gasteiger partial charge in [0.2, 0.25) is 0 Å². The summed E-state index contributed by atoms with van der Waals surface area (Å²) in [6.07, 6.45) is 9.44. The Kier molecular flexibility index (Phi) is 4.41. The number of rotatable bonds is 6. The second-order valence-electron chi connectivity index (χ2n) is 4.48. The monoisotopic (exact) mass is 235 g/mol. The predicted octanol–water partition coefficient (Wildman–Crippen LogP) is 0.848. The molecule has 1 aromatic heterocycles. The molecule has 1 heterocycles. The highest BCUT2D eigenvalue weighted by Crippen LogP contribution is 2.27. The number of hydrogen-bond acceptors (Lipinski definition) is 2. The van der Waals surface area contributed by atoms with Gasteiger partial charge >= 0.3 is 0 Å². The van der Waals surface area contributed by atoms with Crippen molar-refractivity contribution in [2.24, 2.45) is 10.9 Å². The van der Waals surface area contributed by atoms with Crippen molar-refractivity contribution in [2.45, 2.75) is 25.8 Å². The average Bonchev–Trinajstić information content (AvgIpc) is 3.03. The van der Waals surface area contributed by atoms with E-state index in [1.165, 1.54) is 12.8 Å². The largest absolute Gasteiger partial charge is 0.356 e. The Morgan fingerprint density at radius 2 is 2.35 bits per heavy atom. The van der Waals surface area contributed by atoms with E-state index in [2.05, 4.69) is 25.2 Å². The van der Waals surface area contributed by atoms with Crippen LogP contribution in [0.3, 0.4) is 0 Å². The van der Waals surface area contributed by atoms with E-state index >= 15 is 0 Å². The van der Waals surface area contributed by atoms with Crippen LogP contribution in [0.25, 0.3) is 0 Å². The zero-order valence-electron chi connectivity index (χ0n) is 10.4. The van der Waals surface area contributed by atoms with Crippen molar-refractivity contribution in [3.63, 3.8) is 0 Å². The highest BCUT2D eigenvalue weighted by Gasteiger charge is 2.20. The van der Waals surface area contributed by atoms with E-state index in [1.807, 2.05) is 25.8 Å². The summed E-state index contributed by atoms with van der Waals surface area (Å²) in [6, 6.07) is 0. The molecule has 0 saturated heterocycles. The molecule has 0 aromatic carbocycles. The predicted molar refractivity (Wildman–Crippen MR) is 68.9 cm³/mol. The smallest absolute Gasteiger partial charge is 0.190 e. The molecule has 0 atom stereocenters. The number of aliphatic imine (C=N–C) groups is 1. The second-order valence-corrected chi connectivity index (χ2v) is 4.48. The molecule has 0 aliphatic heterocycles. The molecule has 1 aliphatic rings. The molecular weight excluding hydrogens is 214 g/mol. The van der Waals surface area contributed by atoms with Crippen LogP contribution >= 0.6 is 0 Å². The lowest BCUT2D eigenvalue weighted by molar-refractivity contribution is 0.622. The van der Waals surface area contributed by atoms with Gasteiger partial charge < -0.3 is 15.2 Å². The molecule has 0 unspecified atom stereocenters. The maximum atomic E-state index is 4.20. The van der Waals surface area contributed by atoms with Crippen molar-refractivity contribution in [1.29, 1.82) is 0 Å². The first-order chi connectivity index (χ1) is 8.38. The zero-order chi connectivity index (χ0) is 11.9. The first-order valence-electron chi connectivity index (χ1n) is 6.29. The first kappa shape index (κ1) is 12.0. The number of aryl methyl sites for hydroxylation is 1. The van der Waals surface area contributed by atoms with Gasteiger partial charge in [-0.3, -0.25) is 4.99 Å². The third-order valence-corrected chi connectivity index (χ3v) is 2.92. The van der Waals surface area contributed by atoms with E-state index < -0.39 is 0 Å². The molecular formula is C12H21N5. The van der Waals surface area contributed by atoms with Crippen molar-refractivity contribution in [3.8, 4) is 0 Å². The van der Waals surface area contributed by atoms with Crippen molar-refractivity contribution in [1.82, 2.24) is 20.2 Å². The van der Waals surface area contributed by atoms with Gasteiger partial charge in [0.05, 0.1) is 6.33 Å². The van der Waals surface area contributed by atoms with Crippen LogP contribution in [0.1, 0.15) is 19.3 Å². The summed E-state index contributed by atoms with van der Waals surface area (Å²) in [4.78, 5) is 8.21. The SMILES string of the molecule is CN=C(NCCCn1ccnc1)NCC1CC1. The maximum absolute atomic E-state index is 4.20. The molecule has 1 aliphatic carbocycles. The standard InChI is InChI=1S/C12H21N5/c1-13-12(16-9-11-3-4-11)15-5-2-7-17-8-6-14-10-17/h6,8,10-11H,2-5,7,9H2,1H3,(H2,13,15,16). The summed E-state index contributed by atoms with van der Waals surface area (Å²) in [5, 5.41) is 6.66. The van der Waals surface area contributed by atoms with Gasteiger partial charge in [-0.25, -0.2) is 4.98 Å². The lowest BCUT2D eigenvalue weighted by Crippen LogP contribution is -2.38. The molecule has 5 nitrogen and oxygen atoms in total. The minimum Gasteiger partial charge on any atom is -0.356 e. The molecule has 1 fully saturated rings. The van der Waals surface area contributed by atoms with Crippen LogP contribution in [0, 0.1) is 5.92 Å². The van der Waals surface area contributed by atoms with E-state index in [4.69, 9.17) is 0 Å². The second kappa shape index (κ2) is 6.27. The minimum absolute atomic E-state index is 0.875. The number of imidazole rings is 1. The van der Waals surface area contributed by atoms with Crippen LogP contribution in [-0.4, -0.2) is 35.6 Å². The Labute approximate surface area is 102 Å². The summed E-state index contributed by atoms with van der Waals surface area (Å²) in [6.45, 7) is 2.98. The van der Waals surface area contributed by atoms with Crippen LogP contribution < -0.4 is 10.6 Å². The Hall–Kier alpha value is -1.52. The van der Waals surface area contributed by atoms with Gasteiger partial charge in [0, 0.05) is 39.1 Å².